The average Bonchev–Trinajstić information content (AvgIpc) is 4.06. The first-order valence-electron chi connectivity index (χ1n) is 18.4. The topological polar surface area (TPSA) is 171 Å². The number of carbonyl (C=O) groups is 4. The number of H-pyrrole nitrogens is 1. The number of thiazole rings is 1. The molecule has 55 heavy (non-hydrogen) atoms. The fraction of sp³-hybridized carbons (Fsp3) is 0.375. The third-order valence-corrected chi connectivity index (χ3v) is 11.1. The van der Waals surface area contributed by atoms with E-state index in [0.717, 1.165) is 70.6 Å². The zero-order chi connectivity index (χ0) is 38.5. The molecule has 0 radical (unpaired) electrons. The first-order chi connectivity index (χ1) is 26.7. The summed E-state index contributed by atoms with van der Waals surface area (Å²) in [7, 11) is 2.56. The van der Waals surface area contributed by atoms with Crippen molar-refractivity contribution in [3.8, 4) is 22.4 Å². The first kappa shape index (κ1) is 37.5. The van der Waals surface area contributed by atoms with Crippen LogP contribution < -0.4 is 10.6 Å². The molecule has 2 fully saturated rings. The van der Waals surface area contributed by atoms with Crippen molar-refractivity contribution in [1.29, 1.82) is 0 Å². The molecule has 0 unspecified atom stereocenters. The van der Waals surface area contributed by atoms with Gasteiger partial charge in [0.15, 0.2) is 0 Å². The minimum absolute atomic E-state index is 0.0894. The van der Waals surface area contributed by atoms with E-state index in [1.54, 1.807) is 23.5 Å². The number of ether oxygens (including phenoxy) is 2. The lowest BCUT2D eigenvalue weighted by Gasteiger charge is -2.28. The Hall–Kier alpha value is -5.83. The van der Waals surface area contributed by atoms with Crippen molar-refractivity contribution in [3.63, 3.8) is 0 Å². The number of hydrogen-bond acceptors (Lipinski definition) is 10. The molecule has 0 saturated carbocycles. The van der Waals surface area contributed by atoms with E-state index < -0.39 is 24.3 Å². The number of methoxy groups -OCH3 is 2. The molecule has 4 amide bonds. The highest BCUT2D eigenvalue weighted by molar-refractivity contribution is 7.07. The van der Waals surface area contributed by atoms with E-state index >= 15 is 0 Å². The fourth-order valence-corrected chi connectivity index (χ4v) is 8.16. The van der Waals surface area contributed by atoms with Crippen molar-refractivity contribution in [2.75, 3.05) is 27.3 Å². The molecule has 7 rings (SSSR count). The van der Waals surface area contributed by atoms with Gasteiger partial charge in [0.2, 0.25) is 11.8 Å². The van der Waals surface area contributed by atoms with Crippen LogP contribution in [0.15, 0.2) is 76.8 Å². The number of rotatable bonds is 11. The summed E-state index contributed by atoms with van der Waals surface area (Å²) in [6.45, 7) is 2.86. The van der Waals surface area contributed by atoms with Crippen LogP contribution in [-0.4, -0.2) is 99.9 Å². The van der Waals surface area contributed by atoms with Crippen molar-refractivity contribution in [2.24, 2.45) is 4.99 Å². The summed E-state index contributed by atoms with van der Waals surface area (Å²) >= 11 is 1.44. The molecule has 3 N–H and O–H groups in total. The van der Waals surface area contributed by atoms with Gasteiger partial charge < -0.3 is 34.9 Å². The van der Waals surface area contributed by atoms with Crippen molar-refractivity contribution in [1.82, 2.24) is 35.4 Å². The predicted octanol–water partition coefficient (Wildman–Crippen LogP) is 5.75. The number of nitrogens with zero attached hydrogens (tertiary/aromatic N) is 5. The van der Waals surface area contributed by atoms with E-state index in [1.165, 1.54) is 25.6 Å². The number of carbonyl (C=O) groups excluding carboxylic acids is 4. The van der Waals surface area contributed by atoms with Crippen molar-refractivity contribution >= 4 is 46.6 Å². The third-order valence-electron chi connectivity index (χ3n) is 10.5. The number of aromatic amines is 1. The number of benzene rings is 2. The molecule has 5 heterocycles. The summed E-state index contributed by atoms with van der Waals surface area (Å²) in [5.41, 5.74) is 9.55. The van der Waals surface area contributed by atoms with Crippen LogP contribution in [0.3, 0.4) is 0 Å². The second-order valence-corrected chi connectivity index (χ2v) is 14.6. The van der Waals surface area contributed by atoms with E-state index in [-0.39, 0.29) is 30.3 Å². The van der Waals surface area contributed by atoms with Crippen LogP contribution in [0.5, 0.6) is 0 Å². The molecular weight excluding hydrogens is 721 g/mol. The van der Waals surface area contributed by atoms with Gasteiger partial charge in [0.1, 0.15) is 17.9 Å². The quantitative estimate of drug-likeness (QED) is 0.173. The molecule has 2 aromatic carbocycles. The Balaban J connectivity index is 0.967. The zero-order valence-electron chi connectivity index (χ0n) is 31.0. The van der Waals surface area contributed by atoms with Crippen molar-refractivity contribution < 1.29 is 28.7 Å². The standard InChI is InChI=1S/C40H44N8O6S/c1-24(44-39(51)53-2)37(49)47-16-4-6-34(47)31-18-29(20-41-31)27-10-8-25(9-11-27)26-12-14-28(15-13-26)33-21-42-36(45-33)35-7-5-17-48(35)38(50)32(46-40(52)54-3)19-30-22-55-23-43-30/h8-15,20-24,32,34-35H,4-7,16-19H2,1-3H3,(H,42,45)(H,44,51)(H,46,52)/t24-,32-,34-,35-/m0/s1. The highest BCUT2D eigenvalue weighted by Gasteiger charge is 2.38. The first-order valence-corrected chi connectivity index (χ1v) is 19.4. The second-order valence-electron chi connectivity index (χ2n) is 13.9. The summed E-state index contributed by atoms with van der Waals surface area (Å²) in [6, 6.07) is 14.9. The van der Waals surface area contributed by atoms with Crippen LogP contribution in [0.2, 0.25) is 0 Å². The Labute approximate surface area is 323 Å². The number of aliphatic imine (C=N–C) groups is 1. The fourth-order valence-electron chi connectivity index (χ4n) is 7.59. The monoisotopic (exact) mass is 764 g/mol. The van der Waals surface area contributed by atoms with Crippen molar-refractivity contribution in [2.45, 2.75) is 69.6 Å². The number of likely N-dealkylation sites (tertiary alicyclic amines) is 2. The molecule has 15 heteroatoms. The largest absolute Gasteiger partial charge is 0.453 e. The Bertz CT molecular complexity index is 2080. The number of imidazole rings is 1. The van der Waals surface area contributed by atoms with Gasteiger partial charge in [0, 0.05) is 43.2 Å². The zero-order valence-corrected chi connectivity index (χ0v) is 31.8. The molecule has 4 aromatic rings. The lowest BCUT2D eigenvalue weighted by atomic mass is 9.96. The summed E-state index contributed by atoms with van der Waals surface area (Å²) in [4.78, 5) is 71.4. The molecule has 286 valence electrons. The molecule has 2 saturated heterocycles. The van der Waals surface area contributed by atoms with E-state index in [2.05, 4.69) is 78.9 Å². The predicted molar refractivity (Wildman–Crippen MR) is 208 cm³/mol. The van der Waals surface area contributed by atoms with Gasteiger partial charge >= 0.3 is 12.2 Å². The molecule has 2 aromatic heterocycles. The van der Waals surface area contributed by atoms with Gasteiger partial charge in [-0.05, 0) is 60.4 Å². The smallest absolute Gasteiger partial charge is 0.407 e. The van der Waals surface area contributed by atoms with Crippen LogP contribution in [0.25, 0.3) is 28.0 Å². The number of aromatic nitrogens is 3. The summed E-state index contributed by atoms with van der Waals surface area (Å²) < 4.78 is 9.46. The molecule has 3 aliphatic heterocycles. The Morgan fingerprint density at radius 3 is 2.11 bits per heavy atom. The average molecular weight is 765 g/mol. The minimum Gasteiger partial charge on any atom is -0.453 e. The third kappa shape index (κ3) is 8.31. The number of nitrogens with one attached hydrogen (secondary N) is 3. The number of alkyl carbamates (subject to hydrolysis) is 2. The van der Waals surface area contributed by atoms with Crippen LogP contribution in [0.4, 0.5) is 9.59 Å². The van der Waals surface area contributed by atoms with Crippen LogP contribution in [0.1, 0.15) is 62.2 Å². The molecule has 0 aliphatic carbocycles. The molecule has 4 atom stereocenters. The SMILES string of the molecule is COC(=O)N[C@@H](C)C(=O)N1CCC[C@H]1C1=NC=C(c2ccc(-c3ccc(-c4cnc([C@@H]5CCCN5C(=O)[C@H](Cc5cscn5)NC(=O)OC)[nH]4)cc3)cc2)C1. The van der Waals surface area contributed by atoms with Gasteiger partial charge in [0.25, 0.3) is 0 Å². The number of allylic oxidation sites excluding steroid dienone is 1. The van der Waals surface area contributed by atoms with Gasteiger partial charge in [0.05, 0.1) is 49.4 Å². The Kier molecular flexibility index (Phi) is 11.4. The maximum absolute atomic E-state index is 13.8. The number of amides is 4. The van der Waals surface area contributed by atoms with Gasteiger partial charge in [-0.15, -0.1) is 11.3 Å². The lowest BCUT2D eigenvalue weighted by molar-refractivity contribution is -0.134. The maximum atomic E-state index is 13.8. The van der Waals surface area contributed by atoms with Gasteiger partial charge in [-0.25, -0.2) is 19.6 Å². The normalized spacial score (nSPS) is 19.0. The van der Waals surface area contributed by atoms with Crippen LogP contribution in [-0.2, 0) is 25.5 Å². The van der Waals surface area contributed by atoms with E-state index in [0.29, 0.717) is 25.3 Å². The van der Waals surface area contributed by atoms with Crippen LogP contribution >= 0.6 is 11.3 Å². The van der Waals surface area contributed by atoms with E-state index in [1.807, 2.05) is 16.5 Å². The van der Waals surface area contributed by atoms with Crippen LogP contribution in [0, 0.1) is 0 Å². The lowest BCUT2D eigenvalue weighted by Crippen LogP contribution is -2.50. The molecule has 0 bridgehead atoms. The van der Waals surface area contributed by atoms with Gasteiger partial charge in [-0.3, -0.25) is 14.6 Å². The Morgan fingerprint density at radius 2 is 1.45 bits per heavy atom. The highest BCUT2D eigenvalue weighted by Crippen LogP contribution is 2.34. The summed E-state index contributed by atoms with van der Waals surface area (Å²) in [5, 5.41) is 7.14. The van der Waals surface area contributed by atoms with Gasteiger partial charge in [-0.2, -0.15) is 0 Å². The van der Waals surface area contributed by atoms with Crippen molar-refractivity contribution in [3.05, 3.63) is 88.9 Å². The molecule has 3 aliphatic rings. The maximum Gasteiger partial charge on any atom is 0.407 e. The summed E-state index contributed by atoms with van der Waals surface area (Å²) in [6.07, 6.45) is 6.65. The summed E-state index contributed by atoms with van der Waals surface area (Å²) in [5.74, 6) is 0.375. The van der Waals surface area contributed by atoms with Gasteiger partial charge in [-0.1, -0.05) is 48.5 Å². The molecular formula is C40H44N8O6S. The molecule has 0 spiro atoms. The number of hydrogen-bond donors (Lipinski definition) is 3. The van der Waals surface area contributed by atoms with E-state index in [9.17, 15) is 19.2 Å². The molecule has 14 nitrogen and oxygen atoms in total. The van der Waals surface area contributed by atoms with E-state index in [4.69, 9.17) is 9.73 Å². The highest BCUT2D eigenvalue weighted by atomic mass is 32.1. The Morgan fingerprint density at radius 1 is 0.836 bits per heavy atom. The second kappa shape index (κ2) is 16.7. The minimum atomic E-state index is -0.806.